The normalized spacial score (nSPS) is 25.5. The van der Waals surface area contributed by atoms with Crippen LogP contribution in [0.2, 0.25) is 18.1 Å². The van der Waals surface area contributed by atoms with Gasteiger partial charge in [0.2, 0.25) is 5.91 Å². The molecule has 1 aromatic rings. The van der Waals surface area contributed by atoms with Crippen molar-refractivity contribution in [1.82, 2.24) is 4.90 Å². The Bertz CT molecular complexity index is 708. The van der Waals surface area contributed by atoms with Crippen molar-refractivity contribution in [3.63, 3.8) is 0 Å². The molecule has 2 aliphatic rings. The molecule has 7 nitrogen and oxygen atoms in total. The van der Waals surface area contributed by atoms with Gasteiger partial charge in [0, 0.05) is 0 Å². The number of esters is 1. The Hall–Kier alpha value is -1.55. The van der Waals surface area contributed by atoms with Gasteiger partial charge in [-0.2, -0.15) is 0 Å². The molecular weight excluding hydrogens is 386 g/mol. The van der Waals surface area contributed by atoms with E-state index in [0.717, 1.165) is 12.0 Å². The molecule has 2 fully saturated rings. The van der Waals surface area contributed by atoms with Crippen LogP contribution in [0.15, 0.2) is 30.3 Å². The number of carbonyl (C=O) groups is 2. The Labute approximate surface area is 164 Å². The van der Waals surface area contributed by atoms with E-state index in [-0.39, 0.29) is 17.7 Å². The van der Waals surface area contributed by atoms with Gasteiger partial charge in [0.1, 0.15) is 5.25 Å². The smallest absolute Gasteiger partial charge is 0.333 e. The first kappa shape index (κ1) is 20.2. The van der Waals surface area contributed by atoms with Gasteiger partial charge in [0.25, 0.3) is 0 Å². The summed E-state index contributed by atoms with van der Waals surface area (Å²) < 4.78 is 16.8. The zero-order chi connectivity index (χ0) is 19.8. The molecule has 1 aromatic carbocycles. The molecule has 27 heavy (non-hydrogen) atoms. The van der Waals surface area contributed by atoms with Gasteiger partial charge >= 0.3 is 5.97 Å². The molecule has 0 unspecified atom stereocenters. The minimum atomic E-state index is -2.23. The number of nitrogens with zero attached hydrogens (tertiary/aromatic N) is 1. The average molecular weight is 412 g/mol. The molecule has 1 amide bonds. The number of amides is 1. The van der Waals surface area contributed by atoms with Crippen LogP contribution >= 0.6 is 12.0 Å². The lowest BCUT2D eigenvalue weighted by Crippen LogP contribution is -2.50. The Morgan fingerprint density at radius 2 is 1.85 bits per heavy atom. The predicted octanol–water partition coefficient (Wildman–Crippen LogP) is 3.13. The van der Waals surface area contributed by atoms with Crippen molar-refractivity contribution in [2.75, 3.05) is 6.73 Å². The Kier molecular flexibility index (Phi) is 5.58. The summed E-state index contributed by atoms with van der Waals surface area (Å²) in [7, 11) is -2.23. The Morgan fingerprint density at radius 3 is 2.48 bits per heavy atom. The van der Waals surface area contributed by atoms with Crippen LogP contribution in [0.3, 0.4) is 0 Å². The van der Waals surface area contributed by atoms with Crippen molar-refractivity contribution in [2.45, 2.75) is 56.3 Å². The molecule has 0 N–H and O–H groups in total. The number of hydrogen-bond donors (Lipinski definition) is 0. The second kappa shape index (κ2) is 7.46. The third kappa shape index (κ3) is 4.01. The molecule has 2 heterocycles. The van der Waals surface area contributed by atoms with E-state index in [9.17, 15) is 9.59 Å². The molecule has 0 saturated carbocycles. The van der Waals surface area contributed by atoms with Crippen molar-refractivity contribution in [1.29, 1.82) is 0 Å². The third-order valence-electron chi connectivity index (χ3n) is 5.31. The summed E-state index contributed by atoms with van der Waals surface area (Å²) in [6.45, 7) is 10.5. The van der Waals surface area contributed by atoms with Gasteiger partial charge in [-0.25, -0.2) is 4.79 Å². The lowest BCUT2D eigenvalue weighted by atomic mass is 10.2. The Morgan fingerprint density at radius 1 is 1.19 bits per heavy atom. The van der Waals surface area contributed by atoms with Crippen LogP contribution in [-0.4, -0.2) is 49.2 Å². The van der Waals surface area contributed by atoms with Gasteiger partial charge < -0.3 is 14.1 Å². The van der Waals surface area contributed by atoms with E-state index in [1.165, 1.54) is 4.90 Å². The highest BCUT2D eigenvalue weighted by Gasteiger charge is 2.59. The maximum atomic E-state index is 12.8. The van der Waals surface area contributed by atoms with E-state index in [1.54, 1.807) is 12.1 Å². The molecule has 3 rings (SSSR count). The van der Waals surface area contributed by atoms with Crippen molar-refractivity contribution < 1.29 is 28.0 Å². The van der Waals surface area contributed by atoms with E-state index < -0.39 is 31.7 Å². The van der Waals surface area contributed by atoms with Crippen LogP contribution in [0.25, 0.3) is 0 Å². The van der Waals surface area contributed by atoms with Crippen LogP contribution < -0.4 is 4.89 Å². The zero-order valence-electron chi connectivity index (χ0n) is 16.1. The highest BCUT2D eigenvalue weighted by Crippen LogP contribution is 2.42. The van der Waals surface area contributed by atoms with Crippen LogP contribution in [0.1, 0.15) is 20.8 Å². The standard InChI is InChI=1S/C18H25NO6SSi/c1-18(2,3)27(4,5)24-14-13-17(21)22-11-19(13)16(20)15(14)26-25-23-12-9-7-6-8-10-12/h6-10,13-15H,11H2,1-5H3/t13-,14+,15+/m0/s1. The van der Waals surface area contributed by atoms with E-state index in [2.05, 4.69) is 33.9 Å². The minimum Gasteiger partial charge on any atom is -0.443 e. The number of fused-ring (bicyclic) bond motifs is 1. The van der Waals surface area contributed by atoms with Gasteiger partial charge in [-0.3, -0.25) is 9.69 Å². The number of hydrogen-bond acceptors (Lipinski definition) is 7. The first-order chi connectivity index (χ1) is 12.6. The van der Waals surface area contributed by atoms with Crippen LogP contribution in [0.4, 0.5) is 0 Å². The number of carbonyl (C=O) groups excluding carboxylic acids is 2. The quantitative estimate of drug-likeness (QED) is 0.234. The summed E-state index contributed by atoms with van der Waals surface area (Å²) in [4.78, 5) is 31.7. The molecular formula is C18H25NO6SSi. The lowest BCUT2D eigenvalue weighted by Gasteiger charge is -2.39. The van der Waals surface area contributed by atoms with Gasteiger partial charge in [0.05, 0.1) is 18.1 Å². The molecule has 0 bridgehead atoms. The number of para-hydroxylation sites is 1. The first-order valence-corrected chi connectivity index (χ1v) is 12.5. The summed E-state index contributed by atoms with van der Waals surface area (Å²) >= 11 is 0.881. The molecule has 0 radical (unpaired) electrons. The molecule has 0 aromatic heterocycles. The summed E-state index contributed by atoms with van der Waals surface area (Å²) in [5.41, 5.74) is 0. The number of benzene rings is 1. The number of cyclic esters (lactones) is 1. The second-order valence-electron chi connectivity index (χ2n) is 8.17. The van der Waals surface area contributed by atoms with E-state index in [1.807, 2.05) is 18.2 Å². The van der Waals surface area contributed by atoms with Crippen molar-refractivity contribution >= 4 is 32.2 Å². The first-order valence-electron chi connectivity index (χ1n) is 8.82. The summed E-state index contributed by atoms with van der Waals surface area (Å²) in [5.74, 6) is -0.146. The number of rotatable bonds is 6. The molecule has 2 saturated heterocycles. The van der Waals surface area contributed by atoms with Crippen LogP contribution in [-0.2, 0) is 23.1 Å². The molecule has 2 aliphatic heterocycles. The molecule has 3 atom stereocenters. The highest BCUT2D eigenvalue weighted by molar-refractivity contribution is 7.96. The molecule has 0 aliphatic carbocycles. The summed E-state index contributed by atoms with van der Waals surface area (Å²) in [6.07, 6.45) is -0.641. The largest absolute Gasteiger partial charge is 0.443 e. The molecule has 148 valence electrons. The molecule has 0 spiro atoms. The van der Waals surface area contributed by atoms with Gasteiger partial charge in [0.15, 0.2) is 26.8 Å². The second-order valence-corrected chi connectivity index (χ2v) is 13.8. The fourth-order valence-corrected chi connectivity index (χ4v) is 4.86. The van der Waals surface area contributed by atoms with Crippen molar-refractivity contribution in [3.05, 3.63) is 30.3 Å². The van der Waals surface area contributed by atoms with Crippen molar-refractivity contribution in [2.24, 2.45) is 0 Å². The lowest BCUT2D eigenvalue weighted by molar-refractivity contribution is -0.140. The Balaban J connectivity index is 1.75. The third-order valence-corrected chi connectivity index (χ3v) is 10.6. The van der Waals surface area contributed by atoms with E-state index >= 15 is 0 Å². The zero-order valence-corrected chi connectivity index (χ0v) is 17.9. The van der Waals surface area contributed by atoms with Crippen molar-refractivity contribution in [3.8, 4) is 5.75 Å². The van der Waals surface area contributed by atoms with Gasteiger partial charge in [-0.15, -0.1) is 4.33 Å². The number of ether oxygens (including phenoxy) is 1. The predicted molar refractivity (Wildman–Crippen MR) is 103 cm³/mol. The monoisotopic (exact) mass is 411 g/mol. The fourth-order valence-electron chi connectivity index (χ4n) is 2.72. The van der Waals surface area contributed by atoms with E-state index in [0.29, 0.717) is 5.75 Å². The topological polar surface area (TPSA) is 74.3 Å². The SMILES string of the molecule is CC(C)(C)[Si](C)(C)O[C@@H]1[C@H]2C(=O)OCN2C(=O)[C@@H]1SOOc1ccccc1. The van der Waals surface area contributed by atoms with Gasteiger partial charge in [-0.1, -0.05) is 39.0 Å². The minimum absolute atomic E-state index is 0.0453. The molecule has 9 heteroatoms. The summed E-state index contributed by atoms with van der Waals surface area (Å²) in [6, 6.07) is 8.26. The van der Waals surface area contributed by atoms with E-state index in [4.69, 9.17) is 18.4 Å². The van der Waals surface area contributed by atoms with Crippen LogP contribution in [0.5, 0.6) is 5.75 Å². The highest BCUT2D eigenvalue weighted by atomic mass is 32.2. The van der Waals surface area contributed by atoms with Crippen LogP contribution in [0, 0.1) is 0 Å². The maximum absolute atomic E-state index is 12.8. The van der Waals surface area contributed by atoms with Gasteiger partial charge in [-0.05, 0) is 30.3 Å². The average Bonchev–Trinajstić information content (AvgIpc) is 3.08. The maximum Gasteiger partial charge on any atom is 0.333 e. The fraction of sp³-hybridized carbons (Fsp3) is 0.556. The summed E-state index contributed by atoms with van der Waals surface area (Å²) in [5, 5.41) is -0.761.